The number of H-pyrrole nitrogens is 1. The van der Waals surface area contributed by atoms with Crippen molar-refractivity contribution in [2.45, 2.75) is 25.4 Å². The van der Waals surface area contributed by atoms with Gasteiger partial charge in [0, 0.05) is 25.9 Å². The van der Waals surface area contributed by atoms with E-state index in [1.807, 2.05) is 0 Å². The zero-order chi connectivity index (χ0) is 11.5. The highest BCUT2D eigenvalue weighted by atomic mass is 16.2. The van der Waals surface area contributed by atoms with Crippen LogP contribution in [-0.2, 0) is 16.1 Å². The minimum atomic E-state index is -0.284. The number of aromatic amines is 1. The van der Waals surface area contributed by atoms with Crippen molar-refractivity contribution in [2.24, 2.45) is 0 Å². The van der Waals surface area contributed by atoms with Gasteiger partial charge in [-0.2, -0.15) is 0 Å². The Morgan fingerprint density at radius 2 is 2.44 bits per heavy atom. The first kappa shape index (κ1) is 10.8. The predicted molar refractivity (Wildman–Crippen MR) is 56.2 cm³/mol. The van der Waals surface area contributed by atoms with Crippen LogP contribution in [0.25, 0.3) is 0 Å². The van der Waals surface area contributed by atoms with Crippen molar-refractivity contribution in [1.29, 1.82) is 0 Å². The maximum Gasteiger partial charge on any atom is 0.246 e. The number of hydrogen-bond acceptors (Lipinski definition) is 4. The fourth-order valence-corrected chi connectivity index (χ4v) is 1.72. The van der Waals surface area contributed by atoms with Crippen LogP contribution in [0.4, 0.5) is 0 Å². The molecule has 0 spiro atoms. The predicted octanol–water partition coefficient (Wildman–Crippen LogP) is -0.353. The molecule has 2 rings (SSSR count). The van der Waals surface area contributed by atoms with Gasteiger partial charge in [-0.25, -0.2) is 4.98 Å². The van der Waals surface area contributed by atoms with Crippen LogP contribution in [0.5, 0.6) is 0 Å². The summed E-state index contributed by atoms with van der Waals surface area (Å²) >= 11 is 0. The largest absolute Gasteiger partial charge is 0.348 e. The second-order valence-electron chi connectivity index (χ2n) is 3.80. The van der Waals surface area contributed by atoms with Gasteiger partial charge < -0.3 is 4.98 Å². The van der Waals surface area contributed by atoms with Gasteiger partial charge in [-0.05, 0) is 6.42 Å². The molecule has 0 saturated carbocycles. The third-order valence-corrected chi connectivity index (χ3v) is 2.72. The van der Waals surface area contributed by atoms with Gasteiger partial charge in [0.25, 0.3) is 0 Å². The van der Waals surface area contributed by atoms with Crippen LogP contribution in [-0.4, -0.2) is 39.8 Å². The zero-order valence-electron chi connectivity index (χ0n) is 9.06. The SMILES string of the molecule is CN1C(=O)CCC(NCc2ncc[nH]2)C1=O. The second kappa shape index (κ2) is 4.44. The average Bonchev–Trinajstić information content (AvgIpc) is 2.78. The Hall–Kier alpha value is -1.69. The summed E-state index contributed by atoms with van der Waals surface area (Å²) in [5, 5.41) is 3.09. The maximum atomic E-state index is 11.7. The molecule has 0 aliphatic carbocycles. The fraction of sp³-hybridized carbons (Fsp3) is 0.500. The van der Waals surface area contributed by atoms with E-state index in [2.05, 4.69) is 15.3 Å². The lowest BCUT2D eigenvalue weighted by atomic mass is 10.0. The molecule has 1 aromatic heterocycles. The van der Waals surface area contributed by atoms with Gasteiger partial charge in [-0.1, -0.05) is 0 Å². The summed E-state index contributed by atoms with van der Waals surface area (Å²) in [6.07, 6.45) is 4.37. The standard InChI is InChI=1S/C10H14N4O2/c1-14-9(15)3-2-7(10(14)16)13-6-8-11-4-5-12-8/h4-5,7,13H,2-3,6H2,1H3,(H,11,12). The van der Waals surface area contributed by atoms with Crippen molar-refractivity contribution in [3.63, 3.8) is 0 Å². The molecule has 1 saturated heterocycles. The van der Waals surface area contributed by atoms with Crippen molar-refractivity contribution in [3.05, 3.63) is 18.2 Å². The number of amides is 2. The summed E-state index contributed by atoms with van der Waals surface area (Å²) in [5.41, 5.74) is 0. The van der Waals surface area contributed by atoms with Gasteiger partial charge in [-0.3, -0.25) is 19.8 Å². The number of likely N-dealkylation sites (tertiary alicyclic amines) is 1. The molecule has 6 heteroatoms. The monoisotopic (exact) mass is 222 g/mol. The number of carbonyl (C=O) groups is 2. The van der Waals surface area contributed by atoms with Crippen LogP contribution >= 0.6 is 0 Å². The number of carbonyl (C=O) groups excluding carboxylic acids is 2. The van der Waals surface area contributed by atoms with Crippen molar-refractivity contribution >= 4 is 11.8 Å². The molecule has 86 valence electrons. The Kier molecular flexibility index (Phi) is 3.00. The Morgan fingerprint density at radius 3 is 3.12 bits per heavy atom. The summed E-state index contributed by atoms with van der Waals surface area (Å²) in [6.45, 7) is 0.505. The summed E-state index contributed by atoms with van der Waals surface area (Å²) in [5.74, 6) is 0.510. The molecule has 1 aliphatic heterocycles. The molecule has 1 unspecified atom stereocenters. The van der Waals surface area contributed by atoms with Crippen molar-refractivity contribution in [2.75, 3.05) is 7.05 Å². The molecule has 1 aromatic rings. The number of nitrogens with one attached hydrogen (secondary N) is 2. The quantitative estimate of drug-likeness (QED) is 0.685. The van der Waals surface area contributed by atoms with Gasteiger partial charge in [0.1, 0.15) is 5.82 Å². The molecule has 16 heavy (non-hydrogen) atoms. The molecular weight excluding hydrogens is 208 g/mol. The molecule has 2 amide bonds. The van der Waals surface area contributed by atoms with E-state index in [0.717, 1.165) is 5.82 Å². The smallest absolute Gasteiger partial charge is 0.246 e. The van der Waals surface area contributed by atoms with Crippen LogP contribution in [0.1, 0.15) is 18.7 Å². The molecule has 0 radical (unpaired) electrons. The van der Waals surface area contributed by atoms with Crippen LogP contribution in [0, 0.1) is 0 Å². The number of aromatic nitrogens is 2. The number of likely N-dealkylation sites (N-methyl/N-ethyl adjacent to an activating group) is 1. The number of piperidine rings is 1. The van der Waals surface area contributed by atoms with Crippen LogP contribution in [0.3, 0.4) is 0 Å². The van der Waals surface area contributed by atoms with Gasteiger partial charge in [0.15, 0.2) is 0 Å². The zero-order valence-corrected chi connectivity index (χ0v) is 9.06. The first-order chi connectivity index (χ1) is 7.68. The number of hydrogen-bond donors (Lipinski definition) is 2. The first-order valence-corrected chi connectivity index (χ1v) is 5.20. The molecule has 2 heterocycles. The molecule has 1 fully saturated rings. The molecule has 6 nitrogen and oxygen atoms in total. The second-order valence-corrected chi connectivity index (χ2v) is 3.80. The van der Waals surface area contributed by atoms with E-state index in [0.29, 0.717) is 19.4 Å². The number of nitrogens with zero attached hydrogens (tertiary/aromatic N) is 2. The molecular formula is C10H14N4O2. The number of imide groups is 1. The van der Waals surface area contributed by atoms with Gasteiger partial charge in [0.05, 0.1) is 12.6 Å². The highest BCUT2D eigenvalue weighted by Gasteiger charge is 2.31. The van der Waals surface area contributed by atoms with Crippen molar-refractivity contribution in [1.82, 2.24) is 20.2 Å². The molecule has 0 aromatic carbocycles. The Morgan fingerprint density at radius 1 is 1.62 bits per heavy atom. The van der Waals surface area contributed by atoms with Crippen LogP contribution in [0.15, 0.2) is 12.4 Å². The van der Waals surface area contributed by atoms with E-state index in [9.17, 15) is 9.59 Å². The van der Waals surface area contributed by atoms with E-state index >= 15 is 0 Å². The van der Waals surface area contributed by atoms with E-state index < -0.39 is 0 Å². The van der Waals surface area contributed by atoms with Crippen LogP contribution < -0.4 is 5.32 Å². The minimum Gasteiger partial charge on any atom is -0.348 e. The lowest BCUT2D eigenvalue weighted by molar-refractivity contribution is -0.148. The van der Waals surface area contributed by atoms with Crippen molar-refractivity contribution in [3.8, 4) is 0 Å². The summed E-state index contributed by atoms with van der Waals surface area (Å²) in [6, 6.07) is -0.284. The van der Waals surface area contributed by atoms with E-state index in [-0.39, 0.29) is 17.9 Å². The number of rotatable bonds is 3. The lowest BCUT2D eigenvalue weighted by Gasteiger charge is -2.28. The topological polar surface area (TPSA) is 78.1 Å². The van der Waals surface area contributed by atoms with E-state index in [1.165, 1.54) is 11.9 Å². The summed E-state index contributed by atoms with van der Waals surface area (Å²) in [7, 11) is 1.52. The minimum absolute atomic E-state index is 0.110. The Labute approximate surface area is 93.0 Å². The van der Waals surface area contributed by atoms with Gasteiger partial charge >= 0.3 is 0 Å². The normalized spacial score (nSPS) is 21.6. The fourth-order valence-electron chi connectivity index (χ4n) is 1.72. The van der Waals surface area contributed by atoms with Gasteiger partial charge in [0.2, 0.25) is 11.8 Å². The maximum absolute atomic E-state index is 11.7. The Bertz CT molecular complexity index is 388. The summed E-state index contributed by atoms with van der Waals surface area (Å²) < 4.78 is 0. The average molecular weight is 222 g/mol. The number of imidazole rings is 1. The van der Waals surface area contributed by atoms with E-state index in [4.69, 9.17) is 0 Å². The Balaban J connectivity index is 1.91. The highest BCUT2D eigenvalue weighted by Crippen LogP contribution is 2.11. The van der Waals surface area contributed by atoms with Crippen LogP contribution in [0.2, 0.25) is 0 Å². The lowest BCUT2D eigenvalue weighted by Crippen LogP contribution is -2.51. The molecule has 2 N–H and O–H groups in total. The highest BCUT2D eigenvalue weighted by molar-refractivity contribution is 6.00. The third kappa shape index (κ3) is 2.11. The van der Waals surface area contributed by atoms with Gasteiger partial charge in [-0.15, -0.1) is 0 Å². The van der Waals surface area contributed by atoms with Crippen molar-refractivity contribution < 1.29 is 9.59 Å². The molecule has 1 atom stereocenters. The molecule has 1 aliphatic rings. The first-order valence-electron chi connectivity index (χ1n) is 5.20. The third-order valence-electron chi connectivity index (χ3n) is 2.72. The summed E-state index contributed by atoms with van der Waals surface area (Å²) in [4.78, 5) is 31.1. The van der Waals surface area contributed by atoms with E-state index in [1.54, 1.807) is 12.4 Å². The molecule has 0 bridgehead atoms.